The molecule has 23 heavy (non-hydrogen) atoms. The van der Waals surface area contributed by atoms with E-state index in [1.54, 1.807) is 6.07 Å². The van der Waals surface area contributed by atoms with Crippen molar-refractivity contribution in [1.82, 2.24) is 4.90 Å². The maximum absolute atomic E-state index is 13.2. The van der Waals surface area contributed by atoms with Gasteiger partial charge in [-0.05, 0) is 56.2 Å². The van der Waals surface area contributed by atoms with E-state index < -0.39 is 5.82 Å². The third-order valence-electron chi connectivity index (χ3n) is 3.51. The number of aliphatic imine (C=N–C) groups is 1. The van der Waals surface area contributed by atoms with Gasteiger partial charge in [-0.15, -0.1) is 0 Å². The van der Waals surface area contributed by atoms with Crippen LogP contribution in [0.3, 0.4) is 0 Å². The minimum Gasteiger partial charge on any atom is -0.457 e. The molecule has 0 fully saturated rings. The van der Waals surface area contributed by atoms with E-state index in [-0.39, 0.29) is 5.02 Å². The first-order chi connectivity index (χ1) is 10.9. The molecular weight excluding hydrogens is 315 g/mol. The summed E-state index contributed by atoms with van der Waals surface area (Å²) in [5.74, 6) is 0.741. The highest BCUT2D eigenvalue weighted by Crippen LogP contribution is 2.32. The van der Waals surface area contributed by atoms with Crippen LogP contribution in [-0.4, -0.2) is 24.8 Å². The third kappa shape index (κ3) is 4.45. The number of ether oxygens (including phenoxy) is 1. The Balaban J connectivity index is 2.25. The second-order valence-electron chi connectivity index (χ2n) is 5.40. The summed E-state index contributed by atoms with van der Waals surface area (Å²) in [6.45, 7) is 6.88. The molecule has 122 valence electrons. The fraction of sp³-hybridized carbons (Fsp3) is 0.278. The van der Waals surface area contributed by atoms with Gasteiger partial charge in [0, 0.05) is 19.7 Å². The van der Waals surface area contributed by atoms with Crippen LogP contribution in [0.1, 0.15) is 18.1 Å². The van der Waals surface area contributed by atoms with Gasteiger partial charge in [0.2, 0.25) is 0 Å². The molecule has 0 bridgehead atoms. The van der Waals surface area contributed by atoms with Crippen LogP contribution in [0.5, 0.6) is 11.5 Å². The molecule has 5 heteroatoms. The molecule has 0 aliphatic rings. The van der Waals surface area contributed by atoms with Crippen LogP contribution < -0.4 is 4.74 Å². The molecule has 0 aromatic heterocycles. The molecule has 0 amide bonds. The first-order valence-electron chi connectivity index (χ1n) is 7.39. The van der Waals surface area contributed by atoms with Crippen molar-refractivity contribution in [2.75, 3.05) is 13.6 Å². The van der Waals surface area contributed by atoms with Crippen molar-refractivity contribution in [3.63, 3.8) is 0 Å². The van der Waals surface area contributed by atoms with Crippen molar-refractivity contribution in [3.8, 4) is 11.5 Å². The number of halogens is 2. The van der Waals surface area contributed by atoms with Crippen LogP contribution in [0.25, 0.3) is 0 Å². The second kappa shape index (κ2) is 7.47. The third-order valence-corrected chi connectivity index (χ3v) is 3.79. The summed E-state index contributed by atoms with van der Waals surface area (Å²) in [4.78, 5) is 6.49. The van der Waals surface area contributed by atoms with Crippen LogP contribution in [-0.2, 0) is 0 Å². The largest absolute Gasteiger partial charge is 0.457 e. The summed E-state index contributed by atoms with van der Waals surface area (Å²) in [5.41, 5.74) is 2.84. The van der Waals surface area contributed by atoms with Gasteiger partial charge in [0.25, 0.3) is 0 Å². The highest BCUT2D eigenvalue weighted by Gasteiger charge is 2.08. The maximum Gasteiger partial charge on any atom is 0.142 e. The molecule has 0 N–H and O–H groups in total. The Hall–Kier alpha value is -2.07. The Morgan fingerprint density at radius 3 is 2.61 bits per heavy atom. The summed E-state index contributed by atoms with van der Waals surface area (Å²) < 4.78 is 19.0. The predicted molar refractivity (Wildman–Crippen MR) is 93.9 cm³/mol. The molecule has 2 aromatic carbocycles. The molecule has 0 aliphatic heterocycles. The lowest BCUT2D eigenvalue weighted by atomic mass is 10.1. The Labute approximate surface area is 141 Å². The molecule has 0 radical (unpaired) electrons. The van der Waals surface area contributed by atoms with E-state index in [1.165, 1.54) is 12.1 Å². The fourth-order valence-electron chi connectivity index (χ4n) is 1.93. The van der Waals surface area contributed by atoms with Crippen molar-refractivity contribution in [1.29, 1.82) is 0 Å². The summed E-state index contributed by atoms with van der Waals surface area (Å²) in [5, 5.41) is 0.0423. The molecular formula is C18H20ClFN2O. The van der Waals surface area contributed by atoms with Crippen molar-refractivity contribution in [2.45, 2.75) is 20.8 Å². The maximum atomic E-state index is 13.2. The van der Waals surface area contributed by atoms with Crippen molar-refractivity contribution < 1.29 is 9.13 Å². The molecule has 0 saturated carbocycles. The zero-order valence-electron chi connectivity index (χ0n) is 13.7. The van der Waals surface area contributed by atoms with Crippen molar-refractivity contribution in [3.05, 3.63) is 52.3 Å². The van der Waals surface area contributed by atoms with Crippen LogP contribution in [0.4, 0.5) is 10.1 Å². The lowest BCUT2D eigenvalue weighted by Gasteiger charge is -2.13. The number of nitrogens with zero attached hydrogens (tertiary/aromatic N) is 2. The molecule has 0 spiro atoms. The van der Waals surface area contributed by atoms with Gasteiger partial charge in [-0.1, -0.05) is 11.6 Å². The van der Waals surface area contributed by atoms with Gasteiger partial charge in [-0.3, -0.25) is 0 Å². The average molecular weight is 335 g/mol. The quantitative estimate of drug-likeness (QED) is 0.532. The van der Waals surface area contributed by atoms with Gasteiger partial charge >= 0.3 is 0 Å². The lowest BCUT2D eigenvalue weighted by Crippen LogP contribution is -2.14. The van der Waals surface area contributed by atoms with Gasteiger partial charge < -0.3 is 9.64 Å². The fourth-order valence-corrected chi connectivity index (χ4v) is 2.10. The van der Waals surface area contributed by atoms with E-state index in [4.69, 9.17) is 16.3 Å². The summed E-state index contributed by atoms with van der Waals surface area (Å²) >= 11 is 5.78. The minimum absolute atomic E-state index is 0.0423. The van der Waals surface area contributed by atoms with Crippen molar-refractivity contribution >= 4 is 23.6 Å². The number of benzene rings is 2. The van der Waals surface area contributed by atoms with Crippen LogP contribution in [0.15, 0.2) is 35.3 Å². The van der Waals surface area contributed by atoms with Gasteiger partial charge in [0.05, 0.1) is 17.0 Å². The zero-order valence-corrected chi connectivity index (χ0v) is 14.5. The number of hydrogen-bond acceptors (Lipinski definition) is 2. The normalized spacial score (nSPS) is 11.0. The average Bonchev–Trinajstić information content (AvgIpc) is 2.52. The molecule has 0 aliphatic carbocycles. The van der Waals surface area contributed by atoms with Crippen LogP contribution in [0, 0.1) is 19.7 Å². The Morgan fingerprint density at radius 2 is 1.96 bits per heavy atom. The zero-order chi connectivity index (χ0) is 17.0. The number of aryl methyl sites for hydroxylation is 2. The number of hydrogen-bond donors (Lipinski definition) is 0. The van der Waals surface area contributed by atoms with Crippen molar-refractivity contribution in [2.24, 2.45) is 4.99 Å². The summed E-state index contributed by atoms with van der Waals surface area (Å²) in [6.07, 6.45) is 1.81. The van der Waals surface area contributed by atoms with E-state index >= 15 is 0 Å². The Kier molecular flexibility index (Phi) is 5.61. The van der Waals surface area contributed by atoms with E-state index in [0.717, 1.165) is 23.4 Å². The number of rotatable bonds is 5. The molecule has 3 nitrogen and oxygen atoms in total. The molecule has 0 unspecified atom stereocenters. The molecule has 2 rings (SSSR count). The molecule has 2 aromatic rings. The Morgan fingerprint density at radius 1 is 1.22 bits per heavy atom. The second-order valence-corrected chi connectivity index (χ2v) is 5.81. The smallest absolute Gasteiger partial charge is 0.142 e. The minimum atomic E-state index is -0.461. The molecule has 0 heterocycles. The highest BCUT2D eigenvalue weighted by atomic mass is 35.5. The monoisotopic (exact) mass is 334 g/mol. The van der Waals surface area contributed by atoms with Gasteiger partial charge in [-0.25, -0.2) is 9.38 Å². The van der Waals surface area contributed by atoms with E-state index in [0.29, 0.717) is 11.5 Å². The SMILES string of the molecule is CCN(C)C=Nc1cc(C)c(Oc2ccc(F)c(Cl)c2)cc1C. The first kappa shape index (κ1) is 17.3. The van der Waals surface area contributed by atoms with Gasteiger partial charge in [0.1, 0.15) is 17.3 Å². The van der Waals surface area contributed by atoms with Crippen LogP contribution in [0.2, 0.25) is 5.02 Å². The van der Waals surface area contributed by atoms with Gasteiger partial charge in [-0.2, -0.15) is 0 Å². The molecule has 0 saturated heterocycles. The summed E-state index contributed by atoms with van der Waals surface area (Å²) in [6, 6.07) is 8.20. The van der Waals surface area contributed by atoms with E-state index in [9.17, 15) is 4.39 Å². The standard InChI is InChI=1S/C18H20ClFN2O/c1-5-22(4)11-21-17-8-13(3)18(9-12(17)2)23-14-6-7-16(20)15(19)10-14/h6-11H,5H2,1-4H3. The summed E-state index contributed by atoms with van der Waals surface area (Å²) in [7, 11) is 1.97. The lowest BCUT2D eigenvalue weighted by molar-refractivity contribution is 0.476. The first-order valence-corrected chi connectivity index (χ1v) is 7.77. The Bertz CT molecular complexity index is 731. The van der Waals surface area contributed by atoms with E-state index in [1.807, 2.05) is 44.3 Å². The molecule has 0 atom stereocenters. The highest BCUT2D eigenvalue weighted by molar-refractivity contribution is 6.30. The van der Waals surface area contributed by atoms with Gasteiger partial charge in [0.15, 0.2) is 0 Å². The van der Waals surface area contributed by atoms with Crippen LogP contribution >= 0.6 is 11.6 Å². The predicted octanol–water partition coefficient (Wildman–Crippen LogP) is 5.50. The van der Waals surface area contributed by atoms with E-state index in [2.05, 4.69) is 11.9 Å². The topological polar surface area (TPSA) is 24.8 Å².